The summed E-state index contributed by atoms with van der Waals surface area (Å²) in [5.41, 5.74) is 0. The molecule has 0 unspecified atom stereocenters. The quantitative estimate of drug-likeness (QED) is 0.420. The zero-order valence-corrected chi connectivity index (χ0v) is 7.82. The second kappa shape index (κ2) is 9.65. The van der Waals surface area contributed by atoms with Crippen LogP contribution in [0.2, 0.25) is 0 Å². The summed E-state index contributed by atoms with van der Waals surface area (Å²) in [6.45, 7) is 11.1. The first-order chi connectivity index (χ1) is 4.85. The smallest absolute Gasteiger partial charge is 0 e. The van der Waals surface area contributed by atoms with E-state index in [0.717, 1.165) is 18.5 Å². The van der Waals surface area contributed by atoms with E-state index in [1.165, 1.54) is 0 Å². The van der Waals surface area contributed by atoms with Crippen LogP contribution >= 0.6 is 7.92 Å². The average molecular weight is 166 g/mol. The molecule has 0 amide bonds. The second-order valence-electron chi connectivity index (χ2n) is 2.08. The Morgan fingerprint density at radius 1 is 0.818 bits per heavy atom. The summed E-state index contributed by atoms with van der Waals surface area (Å²) in [6.07, 6.45) is 9.35. The Kier molecular flexibility index (Phi) is 11.6. The lowest BCUT2D eigenvalue weighted by molar-refractivity contribution is 1.59. The first kappa shape index (κ1) is 13.3. The lowest BCUT2D eigenvalue weighted by Gasteiger charge is -2.09. The van der Waals surface area contributed by atoms with Gasteiger partial charge < -0.3 is 0 Å². The van der Waals surface area contributed by atoms with Crippen LogP contribution in [0.4, 0.5) is 0 Å². The number of hydrogen-bond donors (Lipinski definition) is 0. The molecule has 11 heavy (non-hydrogen) atoms. The van der Waals surface area contributed by atoms with Gasteiger partial charge in [-0.1, -0.05) is 26.1 Å². The molecule has 0 aromatic carbocycles. The molecule has 0 bridgehead atoms. The third kappa shape index (κ3) is 7.55. The molecule has 0 saturated carbocycles. The van der Waals surface area contributed by atoms with Gasteiger partial charge in [-0.3, -0.25) is 0 Å². The summed E-state index contributed by atoms with van der Waals surface area (Å²) >= 11 is 0. The molecule has 0 nitrogen and oxygen atoms in total. The Hall–Kier alpha value is -0.350. The summed E-state index contributed by atoms with van der Waals surface area (Å²) in [6, 6.07) is 0. The maximum Gasteiger partial charge on any atom is 0 e. The van der Waals surface area contributed by atoms with Gasteiger partial charge in [0.2, 0.25) is 0 Å². The van der Waals surface area contributed by atoms with Crippen molar-refractivity contribution in [1.82, 2.24) is 0 Å². The second-order valence-corrected chi connectivity index (χ2v) is 4.52. The summed E-state index contributed by atoms with van der Waals surface area (Å²) < 4.78 is 0. The van der Waals surface area contributed by atoms with E-state index in [4.69, 9.17) is 0 Å². The lowest BCUT2D eigenvalue weighted by Crippen LogP contribution is -1.87. The molecule has 0 aliphatic rings. The molecule has 0 spiro atoms. The molecule has 0 rings (SSSR count). The third-order valence-electron chi connectivity index (χ3n) is 1.16. The van der Waals surface area contributed by atoms with Gasteiger partial charge in [0.1, 0.15) is 0 Å². The van der Waals surface area contributed by atoms with E-state index in [1.54, 1.807) is 0 Å². The van der Waals surface area contributed by atoms with Crippen LogP contribution in [-0.2, 0) is 0 Å². The molecule has 4 radical (unpaired) electrons. The maximum absolute atomic E-state index is 3.71. The number of hydrogen-bond acceptors (Lipinski definition) is 0. The van der Waals surface area contributed by atoms with Crippen LogP contribution in [-0.4, -0.2) is 18.5 Å². The van der Waals surface area contributed by atoms with Gasteiger partial charge in [0, 0.05) is 7.43 Å². The summed E-state index contributed by atoms with van der Waals surface area (Å²) in [7, 11) is 0.0849. The topological polar surface area (TPSA) is 0 Å². The number of rotatable bonds is 6. The molecule has 1 heteroatoms. The van der Waals surface area contributed by atoms with E-state index in [9.17, 15) is 0 Å². The van der Waals surface area contributed by atoms with E-state index < -0.39 is 0 Å². The summed E-state index contributed by atoms with van der Waals surface area (Å²) in [5, 5.41) is 0. The largest absolute Gasteiger partial charge is 0.103 e. The molecule has 0 fully saturated rings. The van der Waals surface area contributed by atoms with E-state index in [-0.39, 0.29) is 15.3 Å². The van der Waals surface area contributed by atoms with Crippen LogP contribution in [0.15, 0.2) is 38.0 Å². The third-order valence-corrected chi connectivity index (χ3v) is 3.49. The molecule has 0 aromatic rings. The monoisotopic (exact) mass is 166 g/mol. The molecule has 0 aromatic heterocycles. The SMILES string of the molecule is C=CCP(CC=C)CC=C.[C]. The Morgan fingerprint density at radius 2 is 1.09 bits per heavy atom. The zero-order valence-electron chi connectivity index (χ0n) is 6.92. The minimum atomic E-state index is 0. The highest BCUT2D eigenvalue weighted by molar-refractivity contribution is 7.58. The summed E-state index contributed by atoms with van der Waals surface area (Å²) in [4.78, 5) is 0. The average Bonchev–Trinajstić information content (AvgIpc) is 1.90. The van der Waals surface area contributed by atoms with Gasteiger partial charge in [-0.05, 0) is 18.5 Å². The maximum atomic E-state index is 3.71. The molecular weight excluding hydrogens is 151 g/mol. The van der Waals surface area contributed by atoms with Crippen molar-refractivity contribution >= 4 is 7.92 Å². The fourth-order valence-electron chi connectivity index (χ4n) is 0.771. The van der Waals surface area contributed by atoms with Gasteiger partial charge in [0.05, 0.1) is 0 Å². The van der Waals surface area contributed by atoms with Crippen molar-refractivity contribution in [3.63, 3.8) is 0 Å². The van der Waals surface area contributed by atoms with E-state index >= 15 is 0 Å². The van der Waals surface area contributed by atoms with Crippen LogP contribution in [0.3, 0.4) is 0 Å². The van der Waals surface area contributed by atoms with Gasteiger partial charge in [-0.25, -0.2) is 0 Å². The Balaban J connectivity index is 0. The van der Waals surface area contributed by atoms with Crippen LogP contribution in [0.25, 0.3) is 0 Å². The van der Waals surface area contributed by atoms with Crippen molar-refractivity contribution in [2.24, 2.45) is 0 Å². The van der Waals surface area contributed by atoms with Crippen LogP contribution in [0.5, 0.6) is 0 Å². The lowest BCUT2D eigenvalue weighted by atomic mass is 10.7. The predicted octanol–water partition coefficient (Wildman–Crippen LogP) is 3.11. The molecule has 0 heterocycles. The standard InChI is InChI=1S/C9H15P.C/c1-4-7-10(8-5-2)9-6-3;/h4-6H,1-3,7-9H2;. The zero-order chi connectivity index (χ0) is 7.82. The highest BCUT2D eigenvalue weighted by Gasteiger charge is 1.98. The highest BCUT2D eigenvalue weighted by atomic mass is 31.1. The van der Waals surface area contributed by atoms with Crippen LogP contribution in [0, 0.1) is 7.43 Å². The normalized spacial score (nSPS) is 8.45. The van der Waals surface area contributed by atoms with E-state index in [0.29, 0.717) is 0 Å². The Morgan fingerprint density at radius 3 is 1.27 bits per heavy atom. The fraction of sp³-hybridized carbons (Fsp3) is 0.300. The van der Waals surface area contributed by atoms with Crippen molar-refractivity contribution in [2.75, 3.05) is 18.5 Å². The van der Waals surface area contributed by atoms with Crippen LogP contribution in [0.1, 0.15) is 0 Å². The van der Waals surface area contributed by atoms with Crippen molar-refractivity contribution in [2.45, 2.75) is 0 Å². The van der Waals surface area contributed by atoms with Gasteiger partial charge in [0.15, 0.2) is 0 Å². The molecule has 0 N–H and O–H groups in total. The van der Waals surface area contributed by atoms with Gasteiger partial charge >= 0.3 is 0 Å². The Bertz CT molecular complexity index is 92.3. The molecule has 0 saturated heterocycles. The predicted molar refractivity (Wildman–Crippen MR) is 55.4 cm³/mol. The minimum absolute atomic E-state index is 0. The van der Waals surface area contributed by atoms with Gasteiger partial charge in [0.25, 0.3) is 0 Å². The molecular formula is C10H15P. The molecule has 0 atom stereocenters. The van der Waals surface area contributed by atoms with Gasteiger partial charge in [-0.15, -0.1) is 19.7 Å². The van der Waals surface area contributed by atoms with Crippen molar-refractivity contribution in [1.29, 1.82) is 0 Å². The van der Waals surface area contributed by atoms with Crippen LogP contribution < -0.4 is 0 Å². The Labute approximate surface area is 72.5 Å². The van der Waals surface area contributed by atoms with E-state index in [2.05, 4.69) is 19.7 Å². The number of allylic oxidation sites excluding steroid dienone is 3. The molecule has 0 aliphatic heterocycles. The summed E-state index contributed by atoms with van der Waals surface area (Å²) in [5.74, 6) is 0. The van der Waals surface area contributed by atoms with Crippen molar-refractivity contribution < 1.29 is 0 Å². The first-order valence-electron chi connectivity index (χ1n) is 3.40. The fourth-order valence-corrected chi connectivity index (χ4v) is 2.31. The van der Waals surface area contributed by atoms with Gasteiger partial charge in [-0.2, -0.15) is 0 Å². The highest BCUT2D eigenvalue weighted by Crippen LogP contribution is 2.34. The molecule has 60 valence electrons. The van der Waals surface area contributed by atoms with Crippen molar-refractivity contribution in [3.8, 4) is 0 Å². The first-order valence-corrected chi connectivity index (χ1v) is 5.30. The minimum Gasteiger partial charge on any atom is -0.103 e. The van der Waals surface area contributed by atoms with Crippen molar-refractivity contribution in [3.05, 3.63) is 45.4 Å². The molecule has 0 aliphatic carbocycles. The van der Waals surface area contributed by atoms with E-state index in [1.807, 2.05) is 18.2 Å².